The van der Waals surface area contributed by atoms with E-state index in [4.69, 9.17) is 9.47 Å². The van der Waals surface area contributed by atoms with Crippen molar-refractivity contribution in [3.63, 3.8) is 0 Å². The van der Waals surface area contributed by atoms with Gasteiger partial charge in [0, 0.05) is 44.0 Å². The van der Waals surface area contributed by atoms with Gasteiger partial charge in [0.25, 0.3) is 0 Å². The number of carbonyl (C=O) groups is 3. The van der Waals surface area contributed by atoms with Crippen molar-refractivity contribution < 1.29 is 23.9 Å². The summed E-state index contributed by atoms with van der Waals surface area (Å²) in [4.78, 5) is 40.3. The van der Waals surface area contributed by atoms with Gasteiger partial charge in [0.15, 0.2) is 11.5 Å². The van der Waals surface area contributed by atoms with Crippen LogP contribution in [0.2, 0.25) is 0 Å². The van der Waals surface area contributed by atoms with E-state index in [2.05, 4.69) is 10.6 Å². The first kappa shape index (κ1) is 20.9. The first-order chi connectivity index (χ1) is 13.9. The van der Waals surface area contributed by atoms with Gasteiger partial charge in [-0.05, 0) is 31.9 Å². The minimum absolute atomic E-state index is 0.150. The SMILES string of the molecule is COc1ccc(NC(=O)[C@H](C)N2CCN(C(=O)C(=O)NC3CC3)CC2)cc1OC. The van der Waals surface area contributed by atoms with Crippen LogP contribution in [0.3, 0.4) is 0 Å². The fourth-order valence-electron chi connectivity index (χ4n) is 3.26. The summed E-state index contributed by atoms with van der Waals surface area (Å²) in [7, 11) is 3.09. The van der Waals surface area contributed by atoms with E-state index in [1.807, 2.05) is 11.8 Å². The number of anilines is 1. The van der Waals surface area contributed by atoms with Crippen LogP contribution in [0, 0.1) is 0 Å². The van der Waals surface area contributed by atoms with Crippen LogP contribution >= 0.6 is 0 Å². The molecule has 0 unspecified atom stereocenters. The number of methoxy groups -OCH3 is 2. The fourth-order valence-corrected chi connectivity index (χ4v) is 3.26. The molecule has 9 heteroatoms. The van der Waals surface area contributed by atoms with E-state index in [1.54, 1.807) is 30.2 Å². The fraction of sp³-hybridized carbons (Fsp3) is 0.550. The first-order valence-electron chi connectivity index (χ1n) is 9.79. The van der Waals surface area contributed by atoms with Crippen LogP contribution in [0.4, 0.5) is 5.69 Å². The van der Waals surface area contributed by atoms with E-state index < -0.39 is 11.8 Å². The molecular formula is C20H28N4O5. The second-order valence-corrected chi connectivity index (χ2v) is 7.31. The Morgan fingerprint density at radius 3 is 2.28 bits per heavy atom. The molecule has 1 saturated carbocycles. The number of ether oxygens (including phenoxy) is 2. The third-order valence-corrected chi connectivity index (χ3v) is 5.29. The number of carbonyl (C=O) groups excluding carboxylic acids is 3. The van der Waals surface area contributed by atoms with Gasteiger partial charge in [-0.3, -0.25) is 19.3 Å². The molecule has 1 aromatic rings. The molecule has 1 aliphatic carbocycles. The van der Waals surface area contributed by atoms with Crippen molar-refractivity contribution in [3.05, 3.63) is 18.2 Å². The standard InChI is InChI=1S/C20H28N4O5/c1-13(18(25)22-15-6-7-16(28-2)17(12-15)29-3)23-8-10-24(11-9-23)20(27)19(26)21-14-4-5-14/h6-7,12-14H,4-5,8-11H2,1-3H3,(H,21,26)(H,22,25)/t13-/m0/s1. The van der Waals surface area contributed by atoms with Gasteiger partial charge >= 0.3 is 11.8 Å². The third-order valence-electron chi connectivity index (χ3n) is 5.29. The Morgan fingerprint density at radius 2 is 1.69 bits per heavy atom. The zero-order valence-electron chi connectivity index (χ0n) is 17.1. The van der Waals surface area contributed by atoms with E-state index in [0.29, 0.717) is 43.4 Å². The van der Waals surface area contributed by atoms with Crippen LogP contribution in [0.25, 0.3) is 0 Å². The Kier molecular flexibility index (Phi) is 6.58. The van der Waals surface area contributed by atoms with E-state index in [1.165, 1.54) is 7.11 Å². The maximum Gasteiger partial charge on any atom is 0.311 e. The maximum atomic E-state index is 12.6. The lowest BCUT2D eigenvalue weighted by Gasteiger charge is -2.37. The molecule has 0 aromatic heterocycles. The molecule has 1 aliphatic heterocycles. The van der Waals surface area contributed by atoms with Crippen molar-refractivity contribution in [1.82, 2.24) is 15.1 Å². The summed E-state index contributed by atoms with van der Waals surface area (Å²) < 4.78 is 10.5. The Balaban J connectivity index is 1.50. The van der Waals surface area contributed by atoms with Gasteiger partial charge < -0.3 is 25.0 Å². The van der Waals surface area contributed by atoms with Gasteiger partial charge in [0.05, 0.1) is 20.3 Å². The molecular weight excluding hydrogens is 376 g/mol. The van der Waals surface area contributed by atoms with E-state index >= 15 is 0 Å². The molecule has 1 aromatic carbocycles. The molecule has 2 fully saturated rings. The number of piperazine rings is 1. The quantitative estimate of drug-likeness (QED) is 0.668. The summed E-state index contributed by atoms with van der Waals surface area (Å²) >= 11 is 0. The lowest BCUT2D eigenvalue weighted by molar-refractivity contribution is -0.147. The summed E-state index contributed by atoms with van der Waals surface area (Å²) in [6.45, 7) is 3.73. The average Bonchev–Trinajstić information content (AvgIpc) is 3.56. The second-order valence-electron chi connectivity index (χ2n) is 7.31. The Labute approximate surface area is 170 Å². The molecule has 0 spiro atoms. The summed E-state index contributed by atoms with van der Waals surface area (Å²) in [6.07, 6.45) is 1.89. The summed E-state index contributed by atoms with van der Waals surface area (Å²) in [6, 6.07) is 4.98. The number of rotatable bonds is 6. The molecule has 1 heterocycles. The highest BCUT2D eigenvalue weighted by Gasteiger charge is 2.32. The van der Waals surface area contributed by atoms with Gasteiger partial charge in [-0.25, -0.2) is 0 Å². The van der Waals surface area contributed by atoms with Crippen LogP contribution in [-0.2, 0) is 14.4 Å². The normalized spacial score (nSPS) is 18.0. The number of hydrogen-bond donors (Lipinski definition) is 2. The van der Waals surface area contributed by atoms with E-state index in [0.717, 1.165) is 12.8 Å². The molecule has 3 amide bonds. The number of benzene rings is 1. The van der Waals surface area contributed by atoms with Gasteiger partial charge in [0.1, 0.15) is 0 Å². The van der Waals surface area contributed by atoms with Gasteiger partial charge in [-0.1, -0.05) is 0 Å². The van der Waals surface area contributed by atoms with Crippen molar-refractivity contribution in [2.75, 3.05) is 45.7 Å². The van der Waals surface area contributed by atoms with Crippen LogP contribution in [0.1, 0.15) is 19.8 Å². The molecule has 2 aliphatic rings. The van der Waals surface area contributed by atoms with Crippen LogP contribution < -0.4 is 20.1 Å². The number of nitrogens with one attached hydrogen (secondary N) is 2. The second kappa shape index (κ2) is 9.13. The largest absolute Gasteiger partial charge is 0.493 e. The summed E-state index contributed by atoms with van der Waals surface area (Å²) in [5.41, 5.74) is 0.616. The minimum atomic E-state index is -0.528. The van der Waals surface area contributed by atoms with Gasteiger partial charge in [-0.15, -0.1) is 0 Å². The summed E-state index contributed by atoms with van der Waals surface area (Å²) in [5, 5.41) is 5.61. The smallest absolute Gasteiger partial charge is 0.311 e. The topological polar surface area (TPSA) is 100 Å². The molecule has 1 atom stereocenters. The molecule has 0 bridgehead atoms. The Morgan fingerprint density at radius 1 is 1.03 bits per heavy atom. The molecule has 9 nitrogen and oxygen atoms in total. The highest BCUT2D eigenvalue weighted by molar-refractivity contribution is 6.35. The molecule has 3 rings (SSSR count). The van der Waals surface area contributed by atoms with Gasteiger partial charge in [-0.2, -0.15) is 0 Å². The summed E-state index contributed by atoms with van der Waals surface area (Å²) in [5.74, 6) is -0.0396. The van der Waals surface area contributed by atoms with Crippen molar-refractivity contribution in [2.24, 2.45) is 0 Å². The van der Waals surface area contributed by atoms with Crippen molar-refractivity contribution in [1.29, 1.82) is 0 Å². The number of nitrogens with zero attached hydrogens (tertiary/aromatic N) is 2. The highest BCUT2D eigenvalue weighted by Crippen LogP contribution is 2.29. The van der Waals surface area contributed by atoms with Crippen molar-refractivity contribution in [2.45, 2.75) is 31.8 Å². The third kappa shape index (κ3) is 5.17. The molecule has 0 radical (unpaired) electrons. The van der Waals surface area contributed by atoms with E-state index in [-0.39, 0.29) is 18.0 Å². The first-order valence-corrected chi connectivity index (χ1v) is 9.79. The van der Waals surface area contributed by atoms with E-state index in [9.17, 15) is 14.4 Å². The molecule has 158 valence electrons. The zero-order valence-corrected chi connectivity index (χ0v) is 17.1. The number of hydrogen-bond acceptors (Lipinski definition) is 6. The van der Waals surface area contributed by atoms with Crippen LogP contribution in [0.15, 0.2) is 18.2 Å². The minimum Gasteiger partial charge on any atom is -0.493 e. The van der Waals surface area contributed by atoms with Crippen LogP contribution in [0.5, 0.6) is 11.5 Å². The molecule has 29 heavy (non-hydrogen) atoms. The predicted molar refractivity (Wildman–Crippen MR) is 107 cm³/mol. The number of amides is 3. The Hall–Kier alpha value is -2.81. The molecule has 1 saturated heterocycles. The lowest BCUT2D eigenvalue weighted by atomic mass is 10.2. The zero-order chi connectivity index (χ0) is 21.0. The predicted octanol–water partition coefficient (Wildman–Crippen LogP) is 0.454. The van der Waals surface area contributed by atoms with Crippen molar-refractivity contribution in [3.8, 4) is 11.5 Å². The average molecular weight is 404 g/mol. The highest BCUT2D eigenvalue weighted by atomic mass is 16.5. The van der Waals surface area contributed by atoms with Crippen molar-refractivity contribution >= 4 is 23.4 Å². The maximum absolute atomic E-state index is 12.6. The lowest BCUT2D eigenvalue weighted by Crippen LogP contribution is -2.56. The van der Waals surface area contributed by atoms with Crippen LogP contribution in [-0.4, -0.2) is 80.0 Å². The monoisotopic (exact) mass is 404 g/mol. The van der Waals surface area contributed by atoms with Gasteiger partial charge in [0.2, 0.25) is 5.91 Å². The Bertz CT molecular complexity index is 772. The molecule has 2 N–H and O–H groups in total.